The Morgan fingerprint density at radius 1 is 1.42 bits per heavy atom. The van der Waals surface area contributed by atoms with Crippen LogP contribution in [-0.4, -0.2) is 30.4 Å². The normalized spacial score (nSPS) is 26.5. The topological polar surface area (TPSA) is 58.7 Å². The molecule has 1 amide bonds. The minimum atomic E-state index is -0.519. The molecule has 4 heteroatoms. The Balaban J connectivity index is 2.24. The lowest BCUT2D eigenvalue weighted by Gasteiger charge is -1.97. The molecule has 1 fully saturated rings. The molecule has 1 aliphatic rings. The van der Waals surface area contributed by atoms with Gasteiger partial charge < -0.3 is 10.1 Å². The summed E-state index contributed by atoms with van der Waals surface area (Å²) in [5.74, 6) is -0.247. The molecule has 1 aliphatic heterocycles. The van der Waals surface area contributed by atoms with Gasteiger partial charge in [0.2, 0.25) is 0 Å². The van der Waals surface area contributed by atoms with Crippen molar-refractivity contribution in [2.75, 3.05) is 6.54 Å². The van der Waals surface area contributed by atoms with Crippen molar-refractivity contribution < 1.29 is 14.3 Å². The van der Waals surface area contributed by atoms with Crippen LogP contribution in [-0.2, 0) is 14.3 Å². The standard InChI is InChI=1S/C8H13NO3/c1-3-4-9-8(11)7-6(12-7)5(2)10/h6-7H,3-4H2,1-2H3,(H,9,11)/t6?,7-/m0/s1. The smallest absolute Gasteiger partial charge is 0.252 e. The molecule has 68 valence electrons. The highest BCUT2D eigenvalue weighted by Gasteiger charge is 2.47. The van der Waals surface area contributed by atoms with Crippen LogP contribution in [0.4, 0.5) is 0 Å². The first-order valence-corrected chi connectivity index (χ1v) is 4.10. The Hall–Kier alpha value is -0.900. The Kier molecular flexibility index (Phi) is 2.81. The maximum Gasteiger partial charge on any atom is 0.252 e. The summed E-state index contributed by atoms with van der Waals surface area (Å²) in [5.41, 5.74) is 0. The van der Waals surface area contributed by atoms with E-state index in [0.717, 1.165) is 6.42 Å². The van der Waals surface area contributed by atoms with E-state index >= 15 is 0 Å². The monoisotopic (exact) mass is 171 g/mol. The predicted octanol–water partition coefficient (Wildman–Crippen LogP) is -0.131. The third kappa shape index (κ3) is 2.04. The summed E-state index contributed by atoms with van der Waals surface area (Å²) in [6.07, 6.45) is -0.112. The molecule has 1 unspecified atom stereocenters. The summed E-state index contributed by atoms with van der Waals surface area (Å²) in [7, 11) is 0. The molecule has 0 bridgehead atoms. The van der Waals surface area contributed by atoms with E-state index in [1.807, 2.05) is 6.92 Å². The van der Waals surface area contributed by atoms with Crippen LogP contribution in [0.15, 0.2) is 0 Å². The molecule has 0 aromatic rings. The van der Waals surface area contributed by atoms with E-state index < -0.39 is 12.2 Å². The third-order valence-electron chi connectivity index (χ3n) is 1.70. The summed E-state index contributed by atoms with van der Waals surface area (Å²) < 4.78 is 4.88. The van der Waals surface area contributed by atoms with Gasteiger partial charge >= 0.3 is 0 Å². The van der Waals surface area contributed by atoms with Gasteiger partial charge in [-0.15, -0.1) is 0 Å². The van der Waals surface area contributed by atoms with Gasteiger partial charge in [-0.2, -0.15) is 0 Å². The number of hydrogen-bond acceptors (Lipinski definition) is 3. The molecule has 1 heterocycles. The molecule has 4 nitrogen and oxygen atoms in total. The van der Waals surface area contributed by atoms with Crippen molar-refractivity contribution in [2.24, 2.45) is 0 Å². The van der Waals surface area contributed by atoms with E-state index in [4.69, 9.17) is 4.74 Å². The quantitative estimate of drug-likeness (QED) is 0.599. The zero-order valence-corrected chi connectivity index (χ0v) is 7.29. The molecule has 0 aliphatic carbocycles. The molecule has 1 N–H and O–H groups in total. The van der Waals surface area contributed by atoms with Crippen LogP contribution in [0.1, 0.15) is 20.3 Å². The second-order valence-corrected chi connectivity index (χ2v) is 2.88. The van der Waals surface area contributed by atoms with Gasteiger partial charge in [0.25, 0.3) is 5.91 Å². The van der Waals surface area contributed by atoms with Gasteiger partial charge in [0, 0.05) is 6.54 Å². The minimum absolute atomic E-state index is 0.0772. The number of amides is 1. The van der Waals surface area contributed by atoms with Crippen molar-refractivity contribution in [2.45, 2.75) is 32.5 Å². The van der Waals surface area contributed by atoms with Gasteiger partial charge in [0.05, 0.1) is 0 Å². The first-order valence-electron chi connectivity index (χ1n) is 4.10. The summed E-state index contributed by atoms with van der Waals surface area (Å²) >= 11 is 0. The van der Waals surface area contributed by atoms with Crippen molar-refractivity contribution in [3.63, 3.8) is 0 Å². The number of Topliss-reactive ketones (excluding diaryl/α,β-unsaturated/α-hetero) is 1. The number of ether oxygens (including phenoxy) is 1. The number of hydrogen-bond donors (Lipinski definition) is 1. The molecule has 2 atom stereocenters. The lowest BCUT2D eigenvalue weighted by molar-refractivity contribution is -0.123. The fourth-order valence-corrected chi connectivity index (χ4v) is 0.970. The maximum absolute atomic E-state index is 11.1. The Labute approximate surface area is 71.3 Å². The van der Waals surface area contributed by atoms with Gasteiger partial charge in [0.15, 0.2) is 18.0 Å². The van der Waals surface area contributed by atoms with E-state index in [9.17, 15) is 9.59 Å². The zero-order chi connectivity index (χ0) is 9.14. The Morgan fingerprint density at radius 2 is 2.08 bits per heavy atom. The van der Waals surface area contributed by atoms with Crippen molar-refractivity contribution in [1.29, 1.82) is 0 Å². The van der Waals surface area contributed by atoms with Crippen molar-refractivity contribution in [3.8, 4) is 0 Å². The molecular formula is C8H13NO3. The summed E-state index contributed by atoms with van der Waals surface area (Å²) in [5, 5.41) is 2.66. The molecule has 1 rings (SSSR count). The Bertz CT molecular complexity index is 202. The fraction of sp³-hybridized carbons (Fsp3) is 0.750. The lowest BCUT2D eigenvalue weighted by Crippen LogP contribution is -2.30. The fourth-order valence-electron chi connectivity index (χ4n) is 0.970. The molecule has 0 radical (unpaired) electrons. The lowest BCUT2D eigenvalue weighted by atomic mass is 10.2. The Morgan fingerprint density at radius 3 is 2.50 bits per heavy atom. The second-order valence-electron chi connectivity index (χ2n) is 2.88. The highest BCUT2D eigenvalue weighted by Crippen LogP contribution is 2.22. The molecular weight excluding hydrogens is 158 g/mol. The number of nitrogens with one attached hydrogen (secondary N) is 1. The van der Waals surface area contributed by atoms with Gasteiger partial charge in [0.1, 0.15) is 0 Å². The van der Waals surface area contributed by atoms with E-state index in [1.165, 1.54) is 6.92 Å². The van der Waals surface area contributed by atoms with Crippen LogP contribution >= 0.6 is 0 Å². The highest BCUT2D eigenvalue weighted by atomic mass is 16.6. The number of ketones is 1. The molecule has 0 aromatic heterocycles. The van der Waals surface area contributed by atoms with E-state index in [1.54, 1.807) is 0 Å². The predicted molar refractivity (Wildman–Crippen MR) is 42.6 cm³/mol. The van der Waals surface area contributed by atoms with Crippen LogP contribution in [0.2, 0.25) is 0 Å². The number of carbonyl (C=O) groups is 2. The first-order chi connectivity index (χ1) is 5.66. The molecule has 0 aromatic carbocycles. The van der Waals surface area contributed by atoms with Gasteiger partial charge in [-0.25, -0.2) is 0 Å². The molecule has 12 heavy (non-hydrogen) atoms. The molecule has 0 saturated carbocycles. The average molecular weight is 171 g/mol. The highest BCUT2D eigenvalue weighted by molar-refractivity contribution is 5.94. The molecule has 1 saturated heterocycles. The van der Waals surface area contributed by atoms with Gasteiger partial charge in [-0.3, -0.25) is 9.59 Å². The van der Waals surface area contributed by atoms with E-state index in [-0.39, 0.29) is 11.7 Å². The van der Waals surface area contributed by atoms with Crippen LogP contribution < -0.4 is 5.32 Å². The van der Waals surface area contributed by atoms with Crippen molar-refractivity contribution in [1.82, 2.24) is 5.32 Å². The summed E-state index contributed by atoms with van der Waals surface area (Å²) in [4.78, 5) is 21.8. The van der Waals surface area contributed by atoms with Gasteiger partial charge in [-0.05, 0) is 13.3 Å². The van der Waals surface area contributed by atoms with Crippen molar-refractivity contribution >= 4 is 11.7 Å². The number of rotatable bonds is 4. The van der Waals surface area contributed by atoms with Crippen LogP contribution in [0.5, 0.6) is 0 Å². The largest absolute Gasteiger partial charge is 0.354 e. The van der Waals surface area contributed by atoms with E-state index in [2.05, 4.69) is 5.32 Å². The second kappa shape index (κ2) is 3.67. The average Bonchev–Trinajstić information content (AvgIpc) is 2.78. The van der Waals surface area contributed by atoms with Gasteiger partial charge in [-0.1, -0.05) is 6.92 Å². The zero-order valence-electron chi connectivity index (χ0n) is 7.29. The number of epoxide rings is 1. The SMILES string of the molecule is CCCNC(=O)[C@H]1OC1C(C)=O. The van der Waals surface area contributed by atoms with Crippen LogP contribution in [0.3, 0.4) is 0 Å². The van der Waals surface area contributed by atoms with Crippen LogP contribution in [0, 0.1) is 0 Å². The summed E-state index contributed by atoms with van der Waals surface area (Å²) in [6.45, 7) is 4.04. The van der Waals surface area contributed by atoms with E-state index in [0.29, 0.717) is 6.54 Å². The minimum Gasteiger partial charge on any atom is -0.354 e. The van der Waals surface area contributed by atoms with Crippen LogP contribution in [0.25, 0.3) is 0 Å². The number of carbonyl (C=O) groups excluding carboxylic acids is 2. The summed E-state index contributed by atoms with van der Waals surface area (Å²) in [6, 6.07) is 0. The molecule has 0 spiro atoms. The van der Waals surface area contributed by atoms with Crippen molar-refractivity contribution in [3.05, 3.63) is 0 Å². The first kappa shape index (κ1) is 9.19. The maximum atomic E-state index is 11.1. The third-order valence-corrected chi connectivity index (χ3v) is 1.70.